The second-order valence-corrected chi connectivity index (χ2v) is 8.84. The number of carbonyl (C=O) groups excluding carboxylic acids is 1. The lowest BCUT2D eigenvalue weighted by Crippen LogP contribution is -2.10. The van der Waals surface area contributed by atoms with Crippen molar-refractivity contribution in [2.75, 3.05) is 7.11 Å². The Morgan fingerprint density at radius 1 is 1.03 bits per heavy atom. The van der Waals surface area contributed by atoms with Crippen LogP contribution in [0.5, 0.6) is 5.75 Å². The molecule has 0 unspecified atom stereocenters. The second-order valence-electron chi connectivity index (χ2n) is 7.03. The van der Waals surface area contributed by atoms with E-state index in [1.165, 1.54) is 24.9 Å². The van der Waals surface area contributed by atoms with Gasteiger partial charge >= 0.3 is 5.97 Å². The highest BCUT2D eigenvalue weighted by Crippen LogP contribution is 2.38. The van der Waals surface area contributed by atoms with Crippen molar-refractivity contribution in [3.8, 4) is 5.75 Å². The summed E-state index contributed by atoms with van der Waals surface area (Å²) >= 11 is 13.3. The van der Waals surface area contributed by atoms with Crippen molar-refractivity contribution < 1.29 is 18.7 Å². The number of nitrogens with zero attached hydrogens (tertiary/aromatic N) is 1. The Balaban J connectivity index is 1.77. The molecule has 1 aromatic heterocycles. The van der Waals surface area contributed by atoms with Gasteiger partial charge in [-0.1, -0.05) is 53.5 Å². The van der Waals surface area contributed by atoms with Gasteiger partial charge in [0, 0.05) is 26.7 Å². The molecular weight excluding hydrogens is 484 g/mol. The molecule has 0 bridgehead atoms. The number of benzene rings is 3. The molecule has 0 amide bonds. The van der Waals surface area contributed by atoms with E-state index < -0.39 is 11.8 Å². The summed E-state index contributed by atoms with van der Waals surface area (Å²) in [7, 11) is 1.29. The lowest BCUT2D eigenvalue weighted by atomic mass is 10.1. The maximum atomic E-state index is 14.3. The predicted molar refractivity (Wildman–Crippen MR) is 130 cm³/mol. The van der Waals surface area contributed by atoms with E-state index in [1.54, 1.807) is 24.3 Å². The van der Waals surface area contributed by atoms with E-state index in [1.807, 2.05) is 36.4 Å². The fraction of sp³-hybridized carbons (Fsp3) is 0.120. The van der Waals surface area contributed by atoms with E-state index in [2.05, 4.69) is 4.98 Å². The number of hydrogen-bond acceptors (Lipinski definition) is 5. The number of thioether (sulfide) groups is 1. The minimum Gasteiger partial charge on any atom is -0.487 e. The summed E-state index contributed by atoms with van der Waals surface area (Å²) in [5.41, 5.74) is 2.03. The van der Waals surface area contributed by atoms with E-state index >= 15 is 0 Å². The molecule has 168 valence electrons. The van der Waals surface area contributed by atoms with Gasteiger partial charge in [0.15, 0.2) is 0 Å². The molecule has 0 saturated carbocycles. The van der Waals surface area contributed by atoms with E-state index in [0.717, 1.165) is 5.56 Å². The summed E-state index contributed by atoms with van der Waals surface area (Å²) in [4.78, 5) is 17.5. The molecule has 1 heterocycles. The van der Waals surface area contributed by atoms with Gasteiger partial charge in [0.2, 0.25) is 0 Å². The van der Waals surface area contributed by atoms with Gasteiger partial charge in [-0.3, -0.25) is 0 Å². The molecule has 0 aliphatic rings. The highest BCUT2D eigenvalue weighted by Gasteiger charge is 2.24. The fourth-order valence-electron chi connectivity index (χ4n) is 3.24. The van der Waals surface area contributed by atoms with Crippen LogP contribution in [-0.4, -0.2) is 18.1 Å². The van der Waals surface area contributed by atoms with Crippen molar-refractivity contribution >= 4 is 51.8 Å². The van der Waals surface area contributed by atoms with Crippen molar-refractivity contribution in [3.63, 3.8) is 0 Å². The zero-order valence-electron chi connectivity index (χ0n) is 17.5. The van der Waals surface area contributed by atoms with Crippen LogP contribution in [0.25, 0.3) is 10.9 Å². The number of hydrogen-bond donors (Lipinski definition) is 0. The Bertz CT molecular complexity index is 1300. The Morgan fingerprint density at radius 2 is 1.79 bits per heavy atom. The number of methoxy groups -OCH3 is 1. The first kappa shape index (κ1) is 23.4. The number of fused-ring (bicyclic) bond motifs is 1. The summed E-state index contributed by atoms with van der Waals surface area (Å²) in [6, 6.07) is 19.1. The molecule has 0 aliphatic carbocycles. The molecule has 33 heavy (non-hydrogen) atoms. The van der Waals surface area contributed by atoms with E-state index in [4.69, 9.17) is 32.7 Å². The molecule has 0 N–H and O–H groups in total. The molecule has 0 fully saturated rings. The number of ether oxygens (including phenoxy) is 2. The summed E-state index contributed by atoms with van der Waals surface area (Å²) in [6.45, 7) is 0.207. The molecule has 8 heteroatoms. The Morgan fingerprint density at radius 3 is 2.52 bits per heavy atom. The number of aromatic nitrogens is 1. The zero-order valence-corrected chi connectivity index (χ0v) is 19.8. The average Bonchev–Trinajstić information content (AvgIpc) is 2.82. The molecule has 0 radical (unpaired) electrons. The zero-order chi connectivity index (χ0) is 23.4. The smallest absolute Gasteiger partial charge is 0.344 e. The number of esters is 1. The molecule has 0 spiro atoms. The number of halogens is 3. The van der Waals surface area contributed by atoms with Crippen LogP contribution in [-0.2, 0) is 17.1 Å². The van der Waals surface area contributed by atoms with Crippen molar-refractivity contribution in [1.82, 2.24) is 4.98 Å². The molecule has 3 aromatic carbocycles. The number of rotatable bonds is 7. The highest BCUT2D eigenvalue weighted by molar-refractivity contribution is 7.98. The molecule has 0 atom stereocenters. The first-order valence-corrected chi connectivity index (χ1v) is 11.7. The van der Waals surface area contributed by atoms with Crippen molar-refractivity contribution in [2.45, 2.75) is 17.4 Å². The lowest BCUT2D eigenvalue weighted by Gasteiger charge is -2.16. The minimum absolute atomic E-state index is 0.178. The van der Waals surface area contributed by atoms with Gasteiger partial charge in [0.25, 0.3) is 0 Å². The van der Waals surface area contributed by atoms with Crippen LogP contribution in [0.15, 0.2) is 71.8 Å². The van der Waals surface area contributed by atoms with Crippen LogP contribution in [0, 0.1) is 5.82 Å². The third kappa shape index (κ3) is 5.24. The molecule has 4 aromatic rings. The van der Waals surface area contributed by atoms with Gasteiger partial charge < -0.3 is 9.47 Å². The van der Waals surface area contributed by atoms with Crippen LogP contribution < -0.4 is 4.74 Å². The highest BCUT2D eigenvalue weighted by atomic mass is 35.5. The molecule has 0 saturated heterocycles. The quantitative estimate of drug-likeness (QED) is 0.196. The van der Waals surface area contributed by atoms with Crippen molar-refractivity contribution in [2.24, 2.45) is 0 Å². The standard InChI is InChI=1S/C25H18Cl2FNO3S/c1-31-25(30)22-23(32-13-15-9-11-16(26)12-10-15)17-5-2-3-8-21(17)29-24(22)33-14-18-19(27)6-4-7-20(18)28/h2-12H,13-14H2,1H3. The van der Waals surface area contributed by atoms with Crippen LogP contribution >= 0.6 is 35.0 Å². The number of pyridine rings is 1. The monoisotopic (exact) mass is 501 g/mol. The first-order chi connectivity index (χ1) is 16.0. The van der Waals surface area contributed by atoms with Crippen molar-refractivity contribution in [3.05, 3.63) is 99.3 Å². The third-order valence-corrected chi connectivity index (χ3v) is 6.52. The van der Waals surface area contributed by atoms with Crippen molar-refractivity contribution in [1.29, 1.82) is 0 Å². The van der Waals surface area contributed by atoms with Crippen LogP contribution in [0.2, 0.25) is 10.0 Å². The second kappa shape index (κ2) is 10.4. The molecular formula is C25H18Cl2FNO3S. The number of carbonyl (C=O) groups is 1. The van der Waals surface area contributed by atoms with Crippen LogP contribution in [0.3, 0.4) is 0 Å². The molecule has 0 aliphatic heterocycles. The average molecular weight is 502 g/mol. The van der Waals surface area contributed by atoms with Gasteiger partial charge in [0.1, 0.15) is 28.8 Å². The number of para-hydroxylation sites is 1. The topological polar surface area (TPSA) is 48.4 Å². The van der Waals surface area contributed by atoms with Gasteiger partial charge in [-0.15, -0.1) is 11.8 Å². The van der Waals surface area contributed by atoms with Crippen LogP contribution in [0.4, 0.5) is 4.39 Å². The maximum Gasteiger partial charge on any atom is 0.344 e. The van der Waals surface area contributed by atoms with Gasteiger partial charge in [-0.2, -0.15) is 0 Å². The maximum absolute atomic E-state index is 14.3. The normalized spacial score (nSPS) is 10.9. The summed E-state index contributed by atoms with van der Waals surface area (Å²) in [5.74, 6) is -0.488. The SMILES string of the molecule is COC(=O)c1c(SCc2c(F)cccc2Cl)nc2ccccc2c1OCc1ccc(Cl)cc1. The van der Waals surface area contributed by atoms with Gasteiger partial charge in [0.05, 0.1) is 12.6 Å². The van der Waals surface area contributed by atoms with Gasteiger partial charge in [-0.25, -0.2) is 14.2 Å². The first-order valence-electron chi connectivity index (χ1n) is 9.92. The van der Waals surface area contributed by atoms with Crippen LogP contribution in [0.1, 0.15) is 21.5 Å². The molecule has 4 nitrogen and oxygen atoms in total. The minimum atomic E-state index is -0.596. The fourth-order valence-corrected chi connectivity index (χ4v) is 4.74. The summed E-state index contributed by atoms with van der Waals surface area (Å²) < 4.78 is 25.5. The lowest BCUT2D eigenvalue weighted by molar-refractivity contribution is 0.0590. The van der Waals surface area contributed by atoms with Gasteiger partial charge in [-0.05, 0) is 42.0 Å². The summed E-state index contributed by atoms with van der Waals surface area (Å²) in [6.07, 6.45) is 0. The van der Waals surface area contributed by atoms with E-state index in [-0.39, 0.29) is 17.9 Å². The molecule has 4 rings (SSSR count). The summed E-state index contributed by atoms with van der Waals surface area (Å²) in [5, 5.41) is 1.96. The Labute approximate surface area is 204 Å². The van der Waals surface area contributed by atoms with E-state index in [0.29, 0.717) is 37.3 Å². The predicted octanol–water partition coefficient (Wildman–Crippen LogP) is 7.34. The third-order valence-electron chi connectivity index (χ3n) is 4.91. The Kier molecular flexibility index (Phi) is 7.38. The largest absolute Gasteiger partial charge is 0.487 e. The van der Waals surface area contributed by atoms with E-state index in [9.17, 15) is 9.18 Å². The Hall–Kier alpha value is -2.80.